The van der Waals surface area contributed by atoms with Crippen LogP contribution in [0.3, 0.4) is 0 Å². The topological polar surface area (TPSA) is 69.4 Å². The van der Waals surface area contributed by atoms with Gasteiger partial charge in [0.05, 0.1) is 23.4 Å². The fourth-order valence-electron chi connectivity index (χ4n) is 5.21. The summed E-state index contributed by atoms with van der Waals surface area (Å²) in [5.74, 6) is -1.11. The molecule has 2 heterocycles. The molecule has 3 N–H and O–H groups in total. The SMILES string of the molecule is CC1=C(C(=O)Nc2ccccc2)C(c2ccccc2)N2C(=N1)SCC2(O)[NH+](c1ccccc1)C(C)C. The second-order valence-corrected chi connectivity index (χ2v) is 10.4. The van der Waals surface area contributed by atoms with Crippen LogP contribution < -0.4 is 10.2 Å². The quantitative estimate of drug-likeness (QED) is 0.442. The molecule has 0 bridgehead atoms. The van der Waals surface area contributed by atoms with E-state index in [1.165, 1.54) is 11.8 Å². The van der Waals surface area contributed by atoms with Crippen LogP contribution in [0.25, 0.3) is 0 Å². The maximum Gasteiger partial charge on any atom is 0.300 e. The third-order valence-corrected chi connectivity index (χ3v) is 7.77. The molecule has 1 amide bonds. The molecule has 3 atom stereocenters. The predicted octanol–water partition coefficient (Wildman–Crippen LogP) is 4.33. The third-order valence-electron chi connectivity index (χ3n) is 6.68. The minimum absolute atomic E-state index is 0.0716. The number of nitrogens with one attached hydrogen (secondary N) is 2. The summed E-state index contributed by atoms with van der Waals surface area (Å²) in [6, 6.07) is 29.0. The van der Waals surface area contributed by atoms with Crippen LogP contribution in [0.2, 0.25) is 0 Å². The number of aliphatic imine (C=N–C) groups is 1. The summed E-state index contributed by atoms with van der Waals surface area (Å²) in [6.07, 6.45) is 0. The van der Waals surface area contributed by atoms with Crippen molar-refractivity contribution in [2.24, 2.45) is 4.99 Å². The van der Waals surface area contributed by atoms with Crippen LogP contribution in [0.5, 0.6) is 0 Å². The second-order valence-electron chi connectivity index (χ2n) is 9.44. The number of aliphatic hydroxyl groups is 1. The van der Waals surface area contributed by atoms with Crippen molar-refractivity contribution in [3.05, 3.63) is 108 Å². The number of benzene rings is 3. The van der Waals surface area contributed by atoms with Crippen molar-refractivity contribution >= 4 is 34.2 Å². The Hall–Kier alpha value is -3.39. The zero-order valence-electron chi connectivity index (χ0n) is 20.7. The van der Waals surface area contributed by atoms with Crippen molar-refractivity contribution in [2.45, 2.75) is 38.7 Å². The smallest absolute Gasteiger partial charge is 0.300 e. The van der Waals surface area contributed by atoms with E-state index in [-0.39, 0.29) is 11.9 Å². The predicted molar refractivity (Wildman–Crippen MR) is 146 cm³/mol. The summed E-state index contributed by atoms with van der Waals surface area (Å²) in [7, 11) is 0. The Morgan fingerprint density at radius 1 is 1.03 bits per heavy atom. The Kier molecular flexibility index (Phi) is 6.71. The first-order chi connectivity index (χ1) is 17.4. The normalized spacial score (nSPS) is 22.3. The highest BCUT2D eigenvalue weighted by molar-refractivity contribution is 8.14. The van der Waals surface area contributed by atoms with Crippen molar-refractivity contribution in [1.82, 2.24) is 4.90 Å². The van der Waals surface area contributed by atoms with Gasteiger partial charge in [-0.1, -0.05) is 78.5 Å². The van der Waals surface area contributed by atoms with Gasteiger partial charge in [-0.3, -0.25) is 14.6 Å². The van der Waals surface area contributed by atoms with Gasteiger partial charge in [0.1, 0.15) is 11.4 Å². The molecule has 36 heavy (non-hydrogen) atoms. The van der Waals surface area contributed by atoms with E-state index in [0.29, 0.717) is 22.7 Å². The number of hydrogen-bond acceptors (Lipinski definition) is 5. The average Bonchev–Trinajstić information content (AvgIpc) is 3.21. The number of fused-ring (bicyclic) bond motifs is 1. The van der Waals surface area contributed by atoms with Crippen LogP contribution in [0.1, 0.15) is 32.4 Å². The van der Waals surface area contributed by atoms with Gasteiger partial charge in [0, 0.05) is 5.69 Å². The lowest BCUT2D eigenvalue weighted by Crippen LogP contribution is -3.21. The van der Waals surface area contributed by atoms with E-state index >= 15 is 0 Å². The number of hydrogen-bond donors (Lipinski definition) is 3. The van der Waals surface area contributed by atoms with Gasteiger partial charge in [-0.25, -0.2) is 4.99 Å². The number of amides is 1. The van der Waals surface area contributed by atoms with Gasteiger partial charge in [-0.05, 0) is 50.6 Å². The fourth-order valence-corrected chi connectivity index (χ4v) is 6.44. The number of carbonyl (C=O) groups is 1. The van der Waals surface area contributed by atoms with Crippen molar-refractivity contribution in [1.29, 1.82) is 0 Å². The van der Waals surface area contributed by atoms with Gasteiger partial charge in [0.15, 0.2) is 5.17 Å². The van der Waals surface area contributed by atoms with Crippen LogP contribution >= 0.6 is 11.8 Å². The largest absolute Gasteiger partial charge is 0.324 e. The van der Waals surface area contributed by atoms with Crippen molar-refractivity contribution < 1.29 is 14.8 Å². The summed E-state index contributed by atoms with van der Waals surface area (Å²) < 4.78 is 0. The number of amidine groups is 1. The molecule has 1 fully saturated rings. The van der Waals surface area contributed by atoms with E-state index in [2.05, 4.69) is 19.2 Å². The highest BCUT2D eigenvalue weighted by Crippen LogP contribution is 2.45. The molecule has 0 aromatic heterocycles. The molecule has 0 saturated carbocycles. The van der Waals surface area contributed by atoms with Gasteiger partial charge < -0.3 is 10.4 Å². The number of thioether (sulfide) groups is 1. The first-order valence-corrected chi connectivity index (χ1v) is 13.2. The molecule has 3 aromatic rings. The minimum atomic E-state index is -1.32. The molecule has 184 valence electrons. The molecule has 7 heteroatoms. The first-order valence-electron chi connectivity index (χ1n) is 12.2. The molecule has 2 aliphatic rings. The van der Waals surface area contributed by atoms with Crippen molar-refractivity contribution in [2.75, 3.05) is 11.1 Å². The van der Waals surface area contributed by atoms with E-state index in [0.717, 1.165) is 21.3 Å². The van der Waals surface area contributed by atoms with Gasteiger partial charge in [0.25, 0.3) is 11.8 Å². The molecule has 0 radical (unpaired) electrons. The monoisotopic (exact) mass is 499 g/mol. The molecule has 0 spiro atoms. The van der Waals surface area contributed by atoms with E-state index in [4.69, 9.17) is 4.99 Å². The fraction of sp³-hybridized carbons (Fsp3) is 0.241. The van der Waals surface area contributed by atoms with Crippen LogP contribution in [-0.4, -0.2) is 38.7 Å². The summed E-state index contributed by atoms with van der Waals surface area (Å²) in [5, 5.41) is 16.3. The van der Waals surface area contributed by atoms with E-state index in [9.17, 15) is 9.90 Å². The Labute approximate surface area is 216 Å². The Morgan fingerprint density at radius 3 is 2.22 bits per heavy atom. The Bertz CT molecular complexity index is 1290. The number of nitrogens with zero attached hydrogens (tertiary/aromatic N) is 2. The van der Waals surface area contributed by atoms with Crippen LogP contribution in [0, 0.1) is 0 Å². The standard InChI is InChI=1S/C29H30N4O2S/c1-20(2)32(24-17-11-6-12-18-24)29(35)19-36-28-30-21(3)25(27(34)31-23-15-9-5-10-16-23)26(33(28)29)22-13-7-4-8-14-22/h4-18,20,26,35H,19H2,1-3H3,(H,31,34)/p+1. The van der Waals surface area contributed by atoms with Crippen LogP contribution in [0.4, 0.5) is 11.4 Å². The van der Waals surface area contributed by atoms with Gasteiger partial charge in [0.2, 0.25) is 0 Å². The number of quaternary nitrogens is 1. The zero-order valence-corrected chi connectivity index (χ0v) is 21.5. The maximum absolute atomic E-state index is 13.8. The summed E-state index contributed by atoms with van der Waals surface area (Å²) in [5.41, 5.74) is 3.83. The van der Waals surface area contributed by atoms with Gasteiger partial charge >= 0.3 is 0 Å². The zero-order chi connectivity index (χ0) is 25.3. The highest BCUT2D eigenvalue weighted by atomic mass is 32.2. The number of carbonyl (C=O) groups excluding carboxylic acids is 1. The van der Waals surface area contributed by atoms with Crippen molar-refractivity contribution in [3.63, 3.8) is 0 Å². The molecule has 0 aliphatic carbocycles. The van der Waals surface area contributed by atoms with Crippen LogP contribution in [0.15, 0.2) is 107 Å². The van der Waals surface area contributed by atoms with E-state index < -0.39 is 11.9 Å². The Balaban J connectivity index is 1.64. The van der Waals surface area contributed by atoms with Gasteiger partial charge in [-0.15, -0.1) is 0 Å². The van der Waals surface area contributed by atoms with Gasteiger partial charge in [-0.2, -0.15) is 0 Å². The molecule has 1 saturated heterocycles. The molecule has 3 unspecified atom stereocenters. The van der Waals surface area contributed by atoms with E-state index in [1.807, 2.05) is 103 Å². The molecular weight excluding hydrogens is 468 g/mol. The lowest BCUT2D eigenvalue weighted by Gasteiger charge is -2.46. The number of rotatable bonds is 6. The first kappa shape index (κ1) is 24.3. The average molecular weight is 500 g/mol. The summed E-state index contributed by atoms with van der Waals surface area (Å²) in [6.45, 7) is 6.08. The second kappa shape index (κ2) is 9.93. The molecular formula is C29H31N4O2S+. The van der Waals surface area contributed by atoms with Crippen molar-refractivity contribution in [3.8, 4) is 0 Å². The van der Waals surface area contributed by atoms with Crippen LogP contribution in [-0.2, 0) is 4.79 Å². The highest BCUT2D eigenvalue weighted by Gasteiger charge is 2.58. The lowest BCUT2D eigenvalue weighted by atomic mass is 9.92. The molecule has 2 aliphatic heterocycles. The minimum Gasteiger partial charge on any atom is -0.324 e. The number of para-hydroxylation sites is 2. The van der Waals surface area contributed by atoms with E-state index in [1.54, 1.807) is 0 Å². The number of allylic oxidation sites excluding steroid dienone is 1. The Morgan fingerprint density at radius 2 is 1.61 bits per heavy atom. The number of anilines is 1. The maximum atomic E-state index is 13.8. The molecule has 5 rings (SSSR count). The molecule has 3 aromatic carbocycles. The molecule has 6 nitrogen and oxygen atoms in total. The lowest BCUT2D eigenvalue weighted by molar-refractivity contribution is -0.950. The summed E-state index contributed by atoms with van der Waals surface area (Å²) >= 11 is 1.53. The third kappa shape index (κ3) is 4.34. The summed E-state index contributed by atoms with van der Waals surface area (Å²) in [4.78, 5) is 21.5.